The van der Waals surface area contributed by atoms with Gasteiger partial charge in [0.05, 0.1) is 32.4 Å². The van der Waals surface area contributed by atoms with Gasteiger partial charge in [-0.3, -0.25) is 9.69 Å². The molecule has 2 unspecified atom stereocenters. The van der Waals surface area contributed by atoms with Gasteiger partial charge in [-0.05, 0) is 27.7 Å². The van der Waals surface area contributed by atoms with Crippen LogP contribution in [0.2, 0.25) is 0 Å². The van der Waals surface area contributed by atoms with Crippen molar-refractivity contribution in [2.75, 3.05) is 44.3 Å². The normalized spacial score (nSPS) is 29.5. The Morgan fingerprint density at radius 1 is 1.30 bits per heavy atom. The van der Waals surface area contributed by atoms with Crippen LogP contribution in [0, 0.1) is 0 Å². The molecule has 2 atom stereocenters. The average Bonchev–Trinajstić information content (AvgIpc) is 2.98. The van der Waals surface area contributed by atoms with Crippen LogP contribution >= 0.6 is 0 Å². The second kappa shape index (κ2) is 7.00. The van der Waals surface area contributed by atoms with E-state index in [9.17, 15) is 4.79 Å². The number of anilines is 1. The van der Waals surface area contributed by atoms with Gasteiger partial charge in [0.1, 0.15) is 11.4 Å². The van der Waals surface area contributed by atoms with Crippen LogP contribution in [0.3, 0.4) is 0 Å². The fraction of sp³-hybridized carbons (Fsp3) is 0.737. The van der Waals surface area contributed by atoms with Gasteiger partial charge in [-0.25, -0.2) is 9.97 Å². The predicted molar refractivity (Wildman–Crippen MR) is 101 cm³/mol. The Hall–Kier alpha value is -1.77. The van der Waals surface area contributed by atoms with E-state index in [-0.39, 0.29) is 18.1 Å². The fourth-order valence-corrected chi connectivity index (χ4v) is 4.12. The van der Waals surface area contributed by atoms with Crippen molar-refractivity contribution in [1.82, 2.24) is 19.8 Å². The van der Waals surface area contributed by atoms with Crippen LogP contribution < -0.4 is 4.90 Å². The number of ether oxygens (including phenoxy) is 2. The molecule has 0 radical (unpaired) electrons. The third-order valence-corrected chi connectivity index (χ3v) is 5.73. The second-order valence-electron chi connectivity index (χ2n) is 8.14. The molecule has 4 rings (SSSR count). The molecule has 0 spiro atoms. The van der Waals surface area contributed by atoms with Gasteiger partial charge in [0.25, 0.3) is 5.91 Å². The van der Waals surface area contributed by atoms with E-state index in [4.69, 9.17) is 9.47 Å². The van der Waals surface area contributed by atoms with Gasteiger partial charge < -0.3 is 19.3 Å². The first kappa shape index (κ1) is 18.6. The molecule has 1 amide bonds. The van der Waals surface area contributed by atoms with E-state index < -0.39 is 5.72 Å². The Morgan fingerprint density at radius 3 is 2.85 bits per heavy atom. The summed E-state index contributed by atoms with van der Waals surface area (Å²) in [6.07, 6.45) is 2.01. The van der Waals surface area contributed by atoms with Crippen LogP contribution in [0.5, 0.6) is 0 Å². The summed E-state index contributed by atoms with van der Waals surface area (Å²) < 4.78 is 11.8. The Bertz CT molecular complexity index is 727. The number of carbonyl (C=O) groups is 1. The lowest BCUT2D eigenvalue weighted by Gasteiger charge is -2.49. The van der Waals surface area contributed by atoms with Crippen molar-refractivity contribution in [3.63, 3.8) is 0 Å². The third kappa shape index (κ3) is 3.41. The molecule has 2 fully saturated rings. The Balaban J connectivity index is 1.54. The molecule has 0 aliphatic carbocycles. The summed E-state index contributed by atoms with van der Waals surface area (Å²) in [5.41, 5.74) is 1.05. The van der Waals surface area contributed by atoms with Crippen molar-refractivity contribution in [2.45, 2.75) is 52.1 Å². The van der Waals surface area contributed by atoms with E-state index in [0.29, 0.717) is 31.3 Å². The van der Waals surface area contributed by atoms with Crippen molar-refractivity contribution in [3.8, 4) is 0 Å². The summed E-state index contributed by atoms with van der Waals surface area (Å²) in [6.45, 7) is 13.3. The number of hydrogen-bond donors (Lipinski definition) is 0. The number of rotatable bonds is 3. The van der Waals surface area contributed by atoms with Gasteiger partial charge in [-0.2, -0.15) is 0 Å². The molecular weight excluding hydrogens is 346 g/mol. The molecule has 8 heteroatoms. The predicted octanol–water partition coefficient (Wildman–Crippen LogP) is 1.11. The summed E-state index contributed by atoms with van der Waals surface area (Å²) in [7, 11) is 0. The topological polar surface area (TPSA) is 71.0 Å². The van der Waals surface area contributed by atoms with E-state index in [1.165, 1.54) is 0 Å². The van der Waals surface area contributed by atoms with Crippen molar-refractivity contribution in [3.05, 3.63) is 17.5 Å². The SMILES string of the molecule is CC1CN(C2(C)CN(c3ncc4c(n3)C(=O)N(C(C)C)C4)CCO2)CCO1. The molecule has 0 N–H and O–H groups in total. The molecule has 1 aromatic rings. The lowest BCUT2D eigenvalue weighted by Crippen LogP contribution is -2.63. The Labute approximate surface area is 160 Å². The Morgan fingerprint density at radius 2 is 2.11 bits per heavy atom. The maximum atomic E-state index is 12.7. The number of fused-ring (bicyclic) bond motifs is 1. The minimum Gasteiger partial charge on any atom is -0.376 e. The number of aromatic nitrogens is 2. The van der Waals surface area contributed by atoms with E-state index in [0.717, 1.165) is 31.8 Å². The molecule has 1 aromatic heterocycles. The first-order chi connectivity index (χ1) is 12.9. The van der Waals surface area contributed by atoms with Crippen LogP contribution in [0.15, 0.2) is 6.20 Å². The zero-order valence-electron chi connectivity index (χ0n) is 16.6. The molecule has 148 valence electrons. The Kier molecular flexibility index (Phi) is 4.82. The molecule has 8 nitrogen and oxygen atoms in total. The first-order valence-corrected chi connectivity index (χ1v) is 9.80. The molecule has 0 bridgehead atoms. The largest absolute Gasteiger partial charge is 0.376 e. The van der Waals surface area contributed by atoms with Gasteiger partial charge >= 0.3 is 0 Å². The molecule has 27 heavy (non-hydrogen) atoms. The maximum absolute atomic E-state index is 12.7. The number of hydrogen-bond acceptors (Lipinski definition) is 7. The highest BCUT2D eigenvalue weighted by molar-refractivity contribution is 5.96. The number of amides is 1. The van der Waals surface area contributed by atoms with E-state index in [1.807, 2.05) is 24.9 Å². The maximum Gasteiger partial charge on any atom is 0.273 e. The minimum atomic E-state index is -0.410. The van der Waals surface area contributed by atoms with Crippen LogP contribution in [-0.2, 0) is 16.0 Å². The summed E-state index contributed by atoms with van der Waals surface area (Å²) in [4.78, 5) is 28.2. The number of morpholine rings is 2. The van der Waals surface area contributed by atoms with Crippen molar-refractivity contribution in [1.29, 1.82) is 0 Å². The number of carbonyl (C=O) groups excluding carboxylic acids is 1. The standard InChI is InChI=1S/C19H29N5O3/c1-13(2)24-11-15-9-20-18(21-16(15)17(24)25)22-5-8-27-19(4,12-22)23-6-7-26-14(3)10-23/h9,13-14H,5-8,10-12H2,1-4H3. The van der Waals surface area contributed by atoms with E-state index >= 15 is 0 Å². The van der Waals surface area contributed by atoms with Crippen molar-refractivity contribution >= 4 is 11.9 Å². The zero-order chi connectivity index (χ0) is 19.2. The quantitative estimate of drug-likeness (QED) is 0.784. The van der Waals surface area contributed by atoms with E-state index in [2.05, 4.69) is 33.6 Å². The number of nitrogens with zero attached hydrogens (tertiary/aromatic N) is 5. The van der Waals surface area contributed by atoms with E-state index in [1.54, 1.807) is 0 Å². The lowest BCUT2D eigenvalue weighted by molar-refractivity contribution is -0.182. The van der Waals surface area contributed by atoms with Crippen molar-refractivity contribution in [2.24, 2.45) is 0 Å². The van der Waals surface area contributed by atoms with Gasteiger partial charge in [0.2, 0.25) is 5.95 Å². The summed E-state index contributed by atoms with van der Waals surface area (Å²) in [6, 6.07) is 0.158. The van der Waals surface area contributed by atoms with Crippen LogP contribution in [0.1, 0.15) is 43.7 Å². The molecule has 4 heterocycles. The first-order valence-electron chi connectivity index (χ1n) is 9.80. The van der Waals surface area contributed by atoms with Gasteiger partial charge in [-0.1, -0.05) is 0 Å². The highest BCUT2D eigenvalue weighted by Gasteiger charge is 2.41. The van der Waals surface area contributed by atoms with Gasteiger partial charge in [0, 0.05) is 37.4 Å². The van der Waals surface area contributed by atoms with Crippen LogP contribution in [-0.4, -0.2) is 82.9 Å². The zero-order valence-corrected chi connectivity index (χ0v) is 16.6. The van der Waals surface area contributed by atoms with Crippen LogP contribution in [0.25, 0.3) is 0 Å². The molecule has 2 saturated heterocycles. The summed E-state index contributed by atoms with van der Waals surface area (Å²) in [5.74, 6) is 0.616. The highest BCUT2D eigenvalue weighted by atomic mass is 16.5. The minimum absolute atomic E-state index is 0.00155. The average molecular weight is 375 g/mol. The second-order valence-corrected chi connectivity index (χ2v) is 8.14. The third-order valence-electron chi connectivity index (χ3n) is 5.73. The monoisotopic (exact) mass is 375 g/mol. The lowest BCUT2D eigenvalue weighted by atomic mass is 10.1. The smallest absolute Gasteiger partial charge is 0.273 e. The fourth-order valence-electron chi connectivity index (χ4n) is 4.12. The van der Waals surface area contributed by atoms with Gasteiger partial charge in [-0.15, -0.1) is 0 Å². The molecule has 0 saturated carbocycles. The highest BCUT2D eigenvalue weighted by Crippen LogP contribution is 2.28. The van der Waals surface area contributed by atoms with Crippen LogP contribution in [0.4, 0.5) is 5.95 Å². The summed E-state index contributed by atoms with van der Waals surface area (Å²) >= 11 is 0. The molecular formula is C19H29N5O3. The molecule has 3 aliphatic heterocycles. The van der Waals surface area contributed by atoms with Gasteiger partial charge in [0.15, 0.2) is 0 Å². The summed E-state index contributed by atoms with van der Waals surface area (Å²) in [5, 5.41) is 0. The molecule has 3 aliphatic rings. The van der Waals surface area contributed by atoms with Crippen molar-refractivity contribution < 1.29 is 14.3 Å². The molecule has 0 aromatic carbocycles.